The van der Waals surface area contributed by atoms with Crippen molar-refractivity contribution in [2.75, 3.05) is 55.1 Å². The summed E-state index contributed by atoms with van der Waals surface area (Å²) < 4.78 is 21.6. The smallest absolute Gasteiger partial charge is 0.486 e. The predicted octanol–water partition coefficient (Wildman–Crippen LogP) is 4.56. The molecule has 1 aliphatic heterocycles. The molecule has 2 heterocycles. The topological polar surface area (TPSA) is 124 Å². The first-order valence-corrected chi connectivity index (χ1v) is 12.0. The van der Waals surface area contributed by atoms with Crippen molar-refractivity contribution in [1.29, 1.82) is 0 Å². The molecule has 0 unspecified atom stereocenters. The third-order valence-electron chi connectivity index (χ3n) is 5.29. The quantitative estimate of drug-likeness (QED) is 0.422. The summed E-state index contributed by atoms with van der Waals surface area (Å²) in [6.45, 7) is 6.24. The largest absolute Gasteiger partial charge is 0.515 e. The summed E-state index contributed by atoms with van der Waals surface area (Å²) in [4.78, 5) is 35.7. The van der Waals surface area contributed by atoms with Gasteiger partial charge in [-0.25, -0.2) is 14.6 Å². The van der Waals surface area contributed by atoms with Crippen molar-refractivity contribution in [2.45, 2.75) is 13.8 Å². The van der Waals surface area contributed by atoms with Gasteiger partial charge in [-0.2, -0.15) is 4.98 Å². The number of para-hydroxylation sites is 1. The van der Waals surface area contributed by atoms with E-state index in [0.717, 1.165) is 0 Å². The number of nitrogens with one attached hydrogen (secondary N) is 2. The first kappa shape index (κ1) is 25.7. The number of aromatic nitrogens is 2. The van der Waals surface area contributed by atoms with Crippen molar-refractivity contribution in [3.63, 3.8) is 0 Å². The average molecular weight is 508 g/mol. The first-order valence-electron chi connectivity index (χ1n) is 12.0. The molecule has 11 heteroatoms. The molecule has 0 radical (unpaired) electrons. The Balaban J connectivity index is 1.61. The number of morpholine rings is 1. The fourth-order valence-corrected chi connectivity index (χ4v) is 3.62. The number of carbonyl (C=O) groups is 2. The Morgan fingerprint density at radius 1 is 0.919 bits per heavy atom. The third-order valence-corrected chi connectivity index (χ3v) is 5.29. The molecule has 1 saturated heterocycles. The number of urea groups is 1. The highest BCUT2D eigenvalue weighted by molar-refractivity contribution is 5.99. The molecule has 2 N–H and O–H groups in total. The highest BCUT2D eigenvalue weighted by Crippen LogP contribution is 2.38. The van der Waals surface area contributed by atoms with E-state index in [2.05, 4.69) is 15.6 Å². The van der Waals surface area contributed by atoms with E-state index < -0.39 is 6.16 Å². The first-order chi connectivity index (χ1) is 18.1. The van der Waals surface area contributed by atoms with Gasteiger partial charge in [0.05, 0.1) is 26.4 Å². The summed E-state index contributed by atoms with van der Waals surface area (Å²) in [5.41, 5.74) is 1.92. The Morgan fingerprint density at radius 2 is 1.59 bits per heavy atom. The highest BCUT2D eigenvalue weighted by atomic mass is 16.7. The number of rotatable bonds is 8. The Bertz CT molecular complexity index is 1200. The molecular weight excluding hydrogens is 478 g/mol. The molecule has 4 rings (SSSR count). The van der Waals surface area contributed by atoms with Crippen LogP contribution in [0.25, 0.3) is 11.4 Å². The van der Waals surface area contributed by atoms with Crippen molar-refractivity contribution in [3.8, 4) is 23.0 Å². The number of benzene rings is 2. The van der Waals surface area contributed by atoms with E-state index in [1.165, 1.54) is 0 Å². The maximum Gasteiger partial charge on any atom is 0.515 e. The number of ether oxygens (including phenoxy) is 4. The fourth-order valence-electron chi connectivity index (χ4n) is 3.62. The average Bonchev–Trinajstić information content (AvgIpc) is 2.91. The molecule has 37 heavy (non-hydrogen) atoms. The number of carbonyl (C=O) groups excluding carboxylic acids is 2. The van der Waals surface area contributed by atoms with Gasteiger partial charge in [-0.3, -0.25) is 0 Å². The lowest BCUT2D eigenvalue weighted by molar-refractivity contribution is 0.100. The molecule has 1 aliphatic rings. The van der Waals surface area contributed by atoms with E-state index in [1.807, 2.05) is 30.0 Å². The van der Waals surface area contributed by atoms with Crippen molar-refractivity contribution in [1.82, 2.24) is 9.97 Å². The molecule has 3 aromatic rings. The molecule has 0 bridgehead atoms. The number of anilines is 3. The van der Waals surface area contributed by atoms with Crippen LogP contribution in [0.4, 0.5) is 26.8 Å². The molecule has 194 valence electrons. The van der Waals surface area contributed by atoms with Gasteiger partial charge in [0.25, 0.3) is 5.88 Å². The number of amides is 2. The number of nitrogens with zero attached hydrogens (tertiary/aromatic N) is 3. The van der Waals surface area contributed by atoms with Gasteiger partial charge in [-0.1, -0.05) is 18.2 Å². The summed E-state index contributed by atoms with van der Waals surface area (Å²) in [6.07, 6.45) is -0.884. The second-order valence-electron chi connectivity index (χ2n) is 7.85. The molecule has 0 atom stereocenters. The minimum absolute atomic E-state index is 0.0313. The molecule has 0 spiro atoms. The maximum atomic E-state index is 12.3. The maximum absolute atomic E-state index is 12.3. The van der Waals surface area contributed by atoms with Gasteiger partial charge in [0.15, 0.2) is 11.6 Å². The molecule has 2 aromatic carbocycles. The number of hydrogen-bond acceptors (Lipinski definition) is 9. The zero-order valence-electron chi connectivity index (χ0n) is 20.7. The van der Waals surface area contributed by atoms with Crippen LogP contribution in [0.5, 0.6) is 11.6 Å². The molecule has 1 aromatic heterocycles. The van der Waals surface area contributed by atoms with Crippen LogP contribution >= 0.6 is 0 Å². The van der Waals surface area contributed by atoms with Crippen molar-refractivity contribution < 1.29 is 28.5 Å². The monoisotopic (exact) mass is 507 g/mol. The lowest BCUT2D eigenvalue weighted by Crippen LogP contribution is -2.37. The molecule has 0 saturated carbocycles. The van der Waals surface area contributed by atoms with Crippen molar-refractivity contribution >= 4 is 29.4 Å². The molecule has 2 amide bonds. The van der Waals surface area contributed by atoms with E-state index in [0.29, 0.717) is 61.5 Å². The van der Waals surface area contributed by atoms with Crippen molar-refractivity contribution in [2.24, 2.45) is 0 Å². The van der Waals surface area contributed by atoms with Gasteiger partial charge in [-0.05, 0) is 50.2 Å². The van der Waals surface area contributed by atoms with Crippen LogP contribution in [0.1, 0.15) is 13.8 Å². The minimum atomic E-state index is -0.884. The highest BCUT2D eigenvalue weighted by Gasteiger charge is 2.26. The van der Waals surface area contributed by atoms with Gasteiger partial charge in [-0.15, -0.1) is 0 Å². The molecule has 1 fully saturated rings. The normalized spacial score (nSPS) is 13.0. The van der Waals surface area contributed by atoms with E-state index in [-0.39, 0.29) is 24.3 Å². The van der Waals surface area contributed by atoms with Gasteiger partial charge >= 0.3 is 12.2 Å². The Labute approximate surface area is 214 Å². The SMILES string of the molecule is CCOC(=O)Oc1nc(-c2ccc(NC(=O)Nc3ccccc3)cc2)nc(N2CCOCC2)c1OCC. The molecule has 0 aliphatic carbocycles. The van der Waals surface area contributed by atoms with Crippen LogP contribution in [-0.2, 0) is 9.47 Å². The van der Waals surface area contributed by atoms with Crippen LogP contribution < -0.4 is 25.0 Å². The predicted molar refractivity (Wildman–Crippen MR) is 138 cm³/mol. The van der Waals surface area contributed by atoms with Gasteiger partial charge in [0.1, 0.15) is 0 Å². The lowest BCUT2D eigenvalue weighted by atomic mass is 10.2. The second-order valence-corrected chi connectivity index (χ2v) is 7.85. The summed E-state index contributed by atoms with van der Waals surface area (Å²) in [7, 11) is 0. The zero-order valence-corrected chi connectivity index (χ0v) is 20.7. The summed E-state index contributed by atoms with van der Waals surface area (Å²) in [6, 6.07) is 15.8. The lowest BCUT2D eigenvalue weighted by Gasteiger charge is -2.29. The second kappa shape index (κ2) is 12.5. The Hall–Kier alpha value is -4.38. The summed E-state index contributed by atoms with van der Waals surface area (Å²) in [5.74, 6) is 1.05. The van der Waals surface area contributed by atoms with Crippen LogP contribution in [0.2, 0.25) is 0 Å². The van der Waals surface area contributed by atoms with E-state index >= 15 is 0 Å². The van der Waals surface area contributed by atoms with Crippen LogP contribution in [0.15, 0.2) is 54.6 Å². The number of hydrogen-bond donors (Lipinski definition) is 2. The van der Waals surface area contributed by atoms with E-state index in [9.17, 15) is 9.59 Å². The summed E-state index contributed by atoms with van der Waals surface area (Å²) in [5, 5.41) is 5.56. The zero-order chi connectivity index (χ0) is 26.0. The van der Waals surface area contributed by atoms with Crippen LogP contribution in [0, 0.1) is 0 Å². The standard InChI is InChI=1S/C26H29N5O6/c1-3-35-21-23(31-14-16-34-17-15-31)29-22(30-24(21)37-26(33)36-4-2)18-10-12-20(13-11-18)28-25(32)27-19-8-6-5-7-9-19/h5-13H,3-4,14-17H2,1-2H3,(H2,27,28,32). The molecule has 11 nitrogen and oxygen atoms in total. The van der Waals surface area contributed by atoms with E-state index in [4.69, 9.17) is 23.9 Å². The Morgan fingerprint density at radius 3 is 2.24 bits per heavy atom. The Kier molecular flexibility index (Phi) is 8.71. The fraction of sp³-hybridized carbons (Fsp3) is 0.308. The third kappa shape index (κ3) is 6.85. The minimum Gasteiger partial charge on any atom is -0.486 e. The van der Waals surface area contributed by atoms with Crippen LogP contribution in [-0.4, -0.2) is 61.7 Å². The van der Waals surface area contributed by atoms with Crippen LogP contribution in [0.3, 0.4) is 0 Å². The molecular formula is C26H29N5O6. The summed E-state index contributed by atoms with van der Waals surface area (Å²) >= 11 is 0. The van der Waals surface area contributed by atoms with Gasteiger partial charge < -0.3 is 34.5 Å². The van der Waals surface area contributed by atoms with Crippen molar-refractivity contribution in [3.05, 3.63) is 54.6 Å². The van der Waals surface area contributed by atoms with Gasteiger partial charge in [0.2, 0.25) is 5.75 Å². The van der Waals surface area contributed by atoms with E-state index in [1.54, 1.807) is 43.3 Å². The van der Waals surface area contributed by atoms with Gasteiger partial charge in [0, 0.05) is 30.0 Å².